The summed E-state index contributed by atoms with van der Waals surface area (Å²) in [6.45, 7) is 6.97. The number of amides is 1. The van der Waals surface area contributed by atoms with E-state index in [1.54, 1.807) is 6.92 Å². The van der Waals surface area contributed by atoms with E-state index in [4.69, 9.17) is 4.74 Å². The lowest BCUT2D eigenvalue weighted by Crippen LogP contribution is -2.53. The average molecular weight is 535 g/mol. The monoisotopic (exact) mass is 534 g/mol. The molecule has 38 heavy (non-hydrogen) atoms. The van der Waals surface area contributed by atoms with Crippen molar-refractivity contribution >= 4 is 17.3 Å². The third kappa shape index (κ3) is 5.47. The number of fused-ring (bicyclic) bond motifs is 3. The van der Waals surface area contributed by atoms with E-state index < -0.39 is 35.1 Å². The van der Waals surface area contributed by atoms with Crippen molar-refractivity contribution in [3.8, 4) is 0 Å². The van der Waals surface area contributed by atoms with Gasteiger partial charge >= 0.3 is 0 Å². The number of hydrogen-bond donors (Lipinski definition) is 2. The molecule has 4 aliphatic rings. The first-order valence-electron chi connectivity index (χ1n) is 13.2. The van der Waals surface area contributed by atoms with Crippen molar-refractivity contribution in [2.24, 2.45) is 5.92 Å². The summed E-state index contributed by atoms with van der Waals surface area (Å²) in [5.41, 5.74) is 0.132. The first-order valence-corrected chi connectivity index (χ1v) is 13.2. The molecular weight excluding hydrogens is 500 g/mol. The van der Waals surface area contributed by atoms with Gasteiger partial charge in [-0.15, -0.1) is 0 Å². The Labute approximate surface area is 220 Å². The molecule has 2 bridgehead atoms. The number of morpholine rings is 1. The number of nitrogens with one attached hydrogen (secondary N) is 2. The van der Waals surface area contributed by atoms with Gasteiger partial charge < -0.3 is 25.2 Å². The molecule has 0 radical (unpaired) electrons. The zero-order chi connectivity index (χ0) is 27.0. The lowest BCUT2D eigenvalue weighted by atomic mass is 9.84. The van der Waals surface area contributed by atoms with E-state index in [1.165, 1.54) is 24.3 Å². The molecule has 2 N–H and O–H groups in total. The standard InChI is InChI=1S/C28H34F4N4O2/c1-17(19-4-3-5-21(26(19)30)28(2,31)32)33-27(37)20-14-25(36-10-12-38-13-11-36)22(29)15-23(20)34-24-16-35-8-6-18(24)7-9-35/h3-5,14-15,17-18,24,34H,6-13,16H2,1-2H3,(H,33,37)/t17-,24+/m1/s1. The van der Waals surface area contributed by atoms with Crippen LogP contribution in [0.25, 0.3) is 0 Å². The Hall–Kier alpha value is -2.85. The van der Waals surface area contributed by atoms with Gasteiger partial charge in [0, 0.05) is 38.2 Å². The number of carbonyl (C=O) groups is 1. The smallest absolute Gasteiger partial charge is 0.273 e. The number of halogens is 4. The minimum Gasteiger partial charge on any atom is -0.380 e. The number of ether oxygens (including phenoxy) is 1. The molecule has 4 aliphatic heterocycles. The zero-order valence-electron chi connectivity index (χ0n) is 21.7. The number of anilines is 2. The zero-order valence-corrected chi connectivity index (χ0v) is 21.7. The van der Waals surface area contributed by atoms with Crippen LogP contribution in [-0.4, -0.2) is 62.8 Å². The molecule has 0 aliphatic carbocycles. The molecule has 4 heterocycles. The summed E-state index contributed by atoms with van der Waals surface area (Å²) in [7, 11) is 0. The average Bonchev–Trinajstić information content (AvgIpc) is 2.89. The summed E-state index contributed by atoms with van der Waals surface area (Å²) in [4.78, 5) is 17.8. The largest absolute Gasteiger partial charge is 0.380 e. The van der Waals surface area contributed by atoms with Crippen LogP contribution in [0, 0.1) is 17.6 Å². The van der Waals surface area contributed by atoms with Gasteiger partial charge in [0.2, 0.25) is 0 Å². The number of carbonyl (C=O) groups excluding carboxylic acids is 1. The van der Waals surface area contributed by atoms with Crippen LogP contribution in [0.3, 0.4) is 0 Å². The SMILES string of the molecule is C[C@@H](NC(=O)c1cc(N2CCOCC2)c(F)cc1N[C@H]1CN2CCC1CC2)c1cccc(C(C)(F)F)c1F. The fourth-order valence-corrected chi connectivity index (χ4v) is 5.82. The Morgan fingerprint density at radius 1 is 1.11 bits per heavy atom. The number of nitrogens with zero attached hydrogens (tertiary/aromatic N) is 2. The molecule has 6 nitrogen and oxygen atoms in total. The second kappa shape index (κ2) is 10.7. The number of piperidine rings is 3. The van der Waals surface area contributed by atoms with Gasteiger partial charge in [-0.25, -0.2) is 17.6 Å². The third-order valence-corrected chi connectivity index (χ3v) is 8.00. The van der Waals surface area contributed by atoms with Crippen molar-refractivity contribution in [2.45, 2.75) is 44.7 Å². The molecule has 0 spiro atoms. The number of hydrogen-bond acceptors (Lipinski definition) is 5. The minimum atomic E-state index is -3.36. The van der Waals surface area contributed by atoms with Gasteiger partial charge in [0.1, 0.15) is 11.6 Å². The molecule has 0 unspecified atom stereocenters. The van der Waals surface area contributed by atoms with Gasteiger partial charge in [0.25, 0.3) is 11.8 Å². The van der Waals surface area contributed by atoms with Crippen LogP contribution >= 0.6 is 0 Å². The molecule has 1 amide bonds. The minimum absolute atomic E-state index is 0.0419. The fraction of sp³-hybridized carbons (Fsp3) is 0.536. The number of benzene rings is 2. The molecule has 4 fully saturated rings. The molecule has 6 rings (SSSR count). The normalized spacial score (nSPS) is 24.3. The van der Waals surface area contributed by atoms with E-state index in [2.05, 4.69) is 15.5 Å². The van der Waals surface area contributed by atoms with Crippen LogP contribution in [0.1, 0.15) is 54.2 Å². The van der Waals surface area contributed by atoms with E-state index >= 15 is 4.39 Å². The summed E-state index contributed by atoms with van der Waals surface area (Å²) < 4.78 is 63.5. The number of alkyl halides is 2. The summed E-state index contributed by atoms with van der Waals surface area (Å²) in [5, 5.41) is 6.18. The van der Waals surface area contributed by atoms with Crippen molar-refractivity contribution in [1.82, 2.24) is 10.2 Å². The third-order valence-electron chi connectivity index (χ3n) is 8.00. The quantitative estimate of drug-likeness (QED) is 0.495. The predicted molar refractivity (Wildman–Crippen MR) is 138 cm³/mol. The topological polar surface area (TPSA) is 56.8 Å². The van der Waals surface area contributed by atoms with Crippen LogP contribution in [0.2, 0.25) is 0 Å². The Balaban J connectivity index is 1.45. The predicted octanol–water partition coefficient (Wildman–Crippen LogP) is 4.91. The molecule has 0 aromatic heterocycles. The maximum absolute atomic E-state index is 15.4. The van der Waals surface area contributed by atoms with Crippen molar-refractivity contribution < 1.29 is 27.1 Å². The maximum atomic E-state index is 15.4. The van der Waals surface area contributed by atoms with E-state index in [0.717, 1.165) is 38.5 Å². The van der Waals surface area contributed by atoms with Crippen molar-refractivity contribution in [2.75, 3.05) is 56.2 Å². The van der Waals surface area contributed by atoms with Crippen LogP contribution in [0.4, 0.5) is 28.9 Å². The molecule has 4 saturated heterocycles. The van der Waals surface area contributed by atoms with E-state index in [0.29, 0.717) is 50.5 Å². The summed E-state index contributed by atoms with van der Waals surface area (Å²) in [5.74, 6) is -4.95. The van der Waals surface area contributed by atoms with Gasteiger partial charge in [0.15, 0.2) is 0 Å². The Kier molecular flexibility index (Phi) is 7.55. The summed E-state index contributed by atoms with van der Waals surface area (Å²) >= 11 is 0. The van der Waals surface area contributed by atoms with Gasteiger partial charge in [0.05, 0.1) is 41.8 Å². The van der Waals surface area contributed by atoms with Crippen LogP contribution < -0.4 is 15.5 Å². The molecule has 2 aromatic rings. The highest BCUT2D eigenvalue weighted by atomic mass is 19.3. The van der Waals surface area contributed by atoms with Crippen molar-refractivity contribution in [1.29, 1.82) is 0 Å². The van der Waals surface area contributed by atoms with E-state index in [1.807, 2.05) is 4.90 Å². The summed E-state index contributed by atoms with van der Waals surface area (Å²) in [6, 6.07) is 5.84. The highest BCUT2D eigenvalue weighted by molar-refractivity contribution is 6.01. The van der Waals surface area contributed by atoms with Crippen LogP contribution in [-0.2, 0) is 10.7 Å². The molecular formula is C28H34F4N4O2. The highest BCUT2D eigenvalue weighted by Crippen LogP contribution is 2.35. The Morgan fingerprint density at radius 2 is 1.82 bits per heavy atom. The lowest BCUT2D eigenvalue weighted by Gasteiger charge is -2.45. The molecule has 2 atom stereocenters. The lowest BCUT2D eigenvalue weighted by molar-refractivity contribution is 0.0135. The number of rotatable bonds is 7. The van der Waals surface area contributed by atoms with E-state index in [9.17, 15) is 18.0 Å². The fourth-order valence-electron chi connectivity index (χ4n) is 5.82. The molecule has 206 valence electrons. The van der Waals surface area contributed by atoms with Crippen LogP contribution in [0.5, 0.6) is 0 Å². The molecule has 0 saturated carbocycles. The van der Waals surface area contributed by atoms with Crippen molar-refractivity contribution in [3.05, 3.63) is 58.7 Å². The second-order valence-corrected chi connectivity index (χ2v) is 10.6. The summed E-state index contributed by atoms with van der Waals surface area (Å²) in [6.07, 6.45) is 2.09. The Morgan fingerprint density at radius 3 is 2.45 bits per heavy atom. The van der Waals surface area contributed by atoms with Gasteiger partial charge in [-0.3, -0.25) is 4.79 Å². The second-order valence-electron chi connectivity index (χ2n) is 10.6. The van der Waals surface area contributed by atoms with Gasteiger partial charge in [-0.2, -0.15) is 0 Å². The maximum Gasteiger partial charge on any atom is 0.273 e. The van der Waals surface area contributed by atoms with E-state index in [-0.39, 0.29) is 17.2 Å². The highest BCUT2D eigenvalue weighted by Gasteiger charge is 2.35. The van der Waals surface area contributed by atoms with Gasteiger partial charge in [-0.1, -0.05) is 18.2 Å². The molecule has 2 aromatic carbocycles. The Bertz CT molecular complexity index is 1170. The van der Waals surface area contributed by atoms with Gasteiger partial charge in [-0.05, 0) is 50.9 Å². The van der Waals surface area contributed by atoms with Crippen LogP contribution in [0.15, 0.2) is 30.3 Å². The van der Waals surface area contributed by atoms with Crippen molar-refractivity contribution in [3.63, 3.8) is 0 Å². The first-order chi connectivity index (χ1) is 18.1. The molecule has 10 heteroatoms. The first kappa shape index (κ1) is 26.7.